The van der Waals surface area contributed by atoms with E-state index in [2.05, 4.69) is 15.9 Å². The summed E-state index contributed by atoms with van der Waals surface area (Å²) in [7, 11) is 0. The van der Waals surface area contributed by atoms with E-state index in [1.807, 2.05) is 18.2 Å². The first-order valence-electron chi connectivity index (χ1n) is 7.92. The zero-order valence-electron chi connectivity index (χ0n) is 13.0. The Morgan fingerprint density at radius 3 is 2.58 bits per heavy atom. The van der Waals surface area contributed by atoms with Crippen LogP contribution in [0.3, 0.4) is 0 Å². The second-order valence-corrected chi connectivity index (χ2v) is 7.06. The molecule has 2 aliphatic rings. The lowest BCUT2D eigenvalue weighted by Gasteiger charge is -2.43. The van der Waals surface area contributed by atoms with Crippen molar-refractivity contribution in [3.8, 4) is 5.75 Å². The molecule has 0 bridgehead atoms. The van der Waals surface area contributed by atoms with Gasteiger partial charge in [-0.3, -0.25) is 9.59 Å². The molecular weight excluding hydrogens is 374 g/mol. The van der Waals surface area contributed by atoms with Crippen LogP contribution < -0.4 is 4.74 Å². The fourth-order valence-corrected chi connectivity index (χ4v) is 3.73. The van der Waals surface area contributed by atoms with Crippen LogP contribution in [0.25, 0.3) is 0 Å². The van der Waals surface area contributed by atoms with Crippen LogP contribution in [0.15, 0.2) is 45.5 Å². The van der Waals surface area contributed by atoms with Gasteiger partial charge in [-0.25, -0.2) is 0 Å². The van der Waals surface area contributed by atoms with Crippen molar-refractivity contribution in [2.24, 2.45) is 0 Å². The number of likely N-dealkylation sites (tertiary alicyclic amines) is 1. The number of piperidine rings is 1. The number of amides is 1. The Labute approximate surface area is 147 Å². The maximum atomic E-state index is 12.5. The number of rotatable bonds is 1. The Bertz CT molecular complexity index is 805. The fraction of sp³-hybridized carbons (Fsp3) is 0.333. The quantitative estimate of drug-likeness (QED) is 0.746. The van der Waals surface area contributed by atoms with Crippen molar-refractivity contribution < 1.29 is 18.7 Å². The van der Waals surface area contributed by atoms with E-state index in [4.69, 9.17) is 9.15 Å². The molecule has 0 radical (unpaired) electrons. The number of fused-ring (bicyclic) bond motifs is 1. The maximum Gasteiger partial charge on any atom is 0.289 e. The van der Waals surface area contributed by atoms with E-state index in [1.54, 1.807) is 23.1 Å². The average Bonchev–Trinajstić information content (AvgIpc) is 3.01. The van der Waals surface area contributed by atoms with Crippen LogP contribution in [0.4, 0.5) is 0 Å². The standard InChI is InChI=1S/C18H16BrNO4/c19-16-6-5-15(23-16)17(22)20-9-7-18(8-10-20)11-13(21)12-3-1-2-4-14(12)24-18/h1-6H,7-11H2. The van der Waals surface area contributed by atoms with Gasteiger partial charge in [-0.05, 0) is 40.2 Å². The first-order chi connectivity index (χ1) is 11.6. The van der Waals surface area contributed by atoms with Gasteiger partial charge < -0.3 is 14.1 Å². The maximum absolute atomic E-state index is 12.5. The van der Waals surface area contributed by atoms with Crippen LogP contribution in [-0.2, 0) is 0 Å². The molecule has 0 atom stereocenters. The van der Waals surface area contributed by atoms with Crippen molar-refractivity contribution in [1.82, 2.24) is 4.90 Å². The van der Waals surface area contributed by atoms with Crippen LogP contribution in [0.2, 0.25) is 0 Å². The molecule has 1 saturated heterocycles. The van der Waals surface area contributed by atoms with Gasteiger partial charge in [0, 0.05) is 25.9 Å². The Hall–Kier alpha value is -2.08. The summed E-state index contributed by atoms with van der Waals surface area (Å²) in [6, 6.07) is 10.7. The van der Waals surface area contributed by atoms with Gasteiger partial charge in [0.2, 0.25) is 0 Å². The molecule has 1 aromatic carbocycles. The van der Waals surface area contributed by atoms with Crippen LogP contribution in [0, 0.1) is 0 Å². The number of carbonyl (C=O) groups is 2. The molecule has 24 heavy (non-hydrogen) atoms. The molecule has 1 fully saturated rings. The zero-order chi connectivity index (χ0) is 16.7. The van der Waals surface area contributed by atoms with Crippen molar-refractivity contribution >= 4 is 27.6 Å². The molecule has 4 rings (SSSR count). The minimum Gasteiger partial charge on any atom is -0.486 e. The summed E-state index contributed by atoms with van der Waals surface area (Å²) >= 11 is 3.21. The summed E-state index contributed by atoms with van der Waals surface area (Å²) in [5.41, 5.74) is 0.161. The van der Waals surface area contributed by atoms with Crippen molar-refractivity contribution in [3.63, 3.8) is 0 Å². The van der Waals surface area contributed by atoms with Crippen molar-refractivity contribution in [1.29, 1.82) is 0 Å². The SMILES string of the molecule is O=C1CC2(CCN(C(=O)c3ccc(Br)o3)CC2)Oc2ccccc21. The van der Waals surface area contributed by atoms with E-state index in [9.17, 15) is 9.59 Å². The van der Waals surface area contributed by atoms with Crippen LogP contribution in [0.1, 0.15) is 40.2 Å². The second kappa shape index (κ2) is 5.77. The van der Waals surface area contributed by atoms with Gasteiger partial charge in [0.25, 0.3) is 5.91 Å². The smallest absolute Gasteiger partial charge is 0.289 e. The predicted molar refractivity (Wildman–Crippen MR) is 90.3 cm³/mol. The van der Waals surface area contributed by atoms with Crippen molar-refractivity contribution in [3.05, 3.63) is 52.4 Å². The predicted octanol–water partition coefficient (Wildman–Crippen LogP) is 3.68. The van der Waals surface area contributed by atoms with Crippen LogP contribution in [0.5, 0.6) is 5.75 Å². The number of furan rings is 1. The van der Waals surface area contributed by atoms with Crippen LogP contribution in [-0.4, -0.2) is 35.3 Å². The Balaban J connectivity index is 1.48. The second-order valence-electron chi connectivity index (χ2n) is 6.28. The van der Waals surface area contributed by atoms with Crippen molar-refractivity contribution in [2.75, 3.05) is 13.1 Å². The molecule has 1 aromatic heterocycles. The molecule has 5 nitrogen and oxygen atoms in total. The number of Topliss-reactive ketones (excluding diaryl/α,β-unsaturated/α-hetero) is 1. The number of para-hydroxylation sites is 1. The third-order valence-electron chi connectivity index (χ3n) is 4.74. The van der Waals surface area contributed by atoms with Crippen LogP contribution >= 0.6 is 15.9 Å². The monoisotopic (exact) mass is 389 g/mol. The van der Waals surface area contributed by atoms with Gasteiger partial charge in [0.05, 0.1) is 12.0 Å². The van der Waals surface area contributed by atoms with E-state index in [0.717, 1.165) is 0 Å². The number of halogens is 1. The molecular formula is C18H16BrNO4. The summed E-state index contributed by atoms with van der Waals surface area (Å²) < 4.78 is 12.1. The van der Waals surface area contributed by atoms with E-state index in [-0.39, 0.29) is 11.7 Å². The highest BCUT2D eigenvalue weighted by Crippen LogP contribution is 2.39. The Kier molecular flexibility index (Phi) is 3.72. The van der Waals surface area contributed by atoms with Gasteiger partial charge in [0.15, 0.2) is 16.2 Å². The lowest BCUT2D eigenvalue weighted by molar-refractivity contribution is -0.00644. The highest BCUT2D eigenvalue weighted by atomic mass is 79.9. The van der Waals surface area contributed by atoms with E-state index >= 15 is 0 Å². The molecule has 124 valence electrons. The van der Waals surface area contributed by atoms with E-state index in [0.29, 0.717) is 54.1 Å². The largest absolute Gasteiger partial charge is 0.486 e. The lowest BCUT2D eigenvalue weighted by atomic mass is 9.82. The summed E-state index contributed by atoms with van der Waals surface area (Å²) in [6.07, 6.45) is 1.65. The number of carbonyl (C=O) groups excluding carboxylic acids is 2. The van der Waals surface area contributed by atoms with Crippen molar-refractivity contribution in [2.45, 2.75) is 24.9 Å². The Morgan fingerprint density at radius 2 is 1.88 bits per heavy atom. The third-order valence-corrected chi connectivity index (χ3v) is 5.17. The van der Waals surface area contributed by atoms with E-state index < -0.39 is 5.60 Å². The van der Waals surface area contributed by atoms with Gasteiger partial charge in [-0.2, -0.15) is 0 Å². The molecule has 6 heteroatoms. The fourth-order valence-electron chi connectivity index (χ4n) is 3.42. The van der Waals surface area contributed by atoms with Gasteiger partial charge >= 0.3 is 0 Å². The third kappa shape index (κ3) is 2.65. The molecule has 3 heterocycles. The zero-order valence-corrected chi connectivity index (χ0v) is 14.5. The number of ether oxygens (including phenoxy) is 1. The number of benzene rings is 1. The first-order valence-corrected chi connectivity index (χ1v) is 8.72. The minimum absolute atomic E-state index is 0.117. The molecule has 1 amide bonds. The van der Waals surface area contributed by atoms with Gasteiger partial charge in [0.1, 0.15) is 11.4 Å². The molecule has 0 unspecified atom stereocenters. The molecule has 0 N–H and O–H groups in total. The number of ketones is 1. The van der Waals surface area contributed by atoms with E-state index in [1.165, 1.54) is 0 Å². The molecule has 2 aliphatic heterocycles. The average molecular weight is 390 g/mol. The first kappa shape index (κ1) is 15.4. The minimum atomic E-state index is -0.494. The number of hydrogen-bond acceptors (Lipinski definition) is 4. The summed E-state index contributed by atoms with van der Waals surface area (Å²) in [4.78, 5) is 26.6. The van der Waals surface area contributed by atoms with Gasteiger partial charge in [-0.15, -0.1) is 0 Å². The molecule has 0 saturated carbocycles. The summed E-state index contributed by atoms with van der Waals surface area (Å²) in [5.74, 6) is 0.969. The summed E-state index contributed by atoms with van der Waals surface area (Å²) in [6.45, 7) is 1.10. The number of hydrogen-bond donors (Lipinski definition) is 0. The molecule has 2 aromatic rings. The molecule has 1 spiro atoms. The summed E-state index contributed by atoms with van der Waals surface area (Å²) in [5, 5.41) is 0. The highest BCUT2D eigenvalue weighted by molar-refractivity contribution is 9.10. The highest BCUT2D eigenvalue weighted by Gasteiger charge is 2.43. The number of nitrogens with zero attached hydrogens (tertiary/aromatic N) is 1. The topological polar surface area (TPSA) is 59.8 Å². The normalized spacial score (nSPS) is 19.0. The Morgan fingerprint density at radius 1 is 1.12 bits per heavy atom. The molecule has 0 aliphatic carbocycles. The van der Waals surface area contributed by atoms with Gasteiger partial charge in [-0.1, -0.05) is 12.1 Å². The lowest BCUT2D eigenvalue weighted by Crippen LogP contribution is -2.52.